The third-order valence-corrected chi connectivity index (χ3v) is 5.25. The summed E-state index contributed by atoms with van der Waals surface area (Å²) in [5.74, 6) is 2.70. The monoisotopic (exact) mass is 380 g/mol. The Morgan fingerprint density at radius 3 is 2.96 bits per heavy atom. The second-order valence-corrected chi connectivity index (χ2v) is 6.89. The second-order valence-electron chi connectivity index (χ2n) is 6.89. The number of anilines is 1. The first kappa shape index (κ1) is 16.8. The third-order valence-electron chi connectivity index (χ3n) is 5.25. The number of hydrogen-bond acceptors (Lipinski definition) is 8. The zero-order valence-corrected chi connectivity index (χ0v) is 15.6. The van der Waals surface area contributed by atoms with Crippen LogP contribution in [0.5, 0.6) is 17.2 Å². The summed E-state index contributed by atoms with van der Waals surface area (Å²) in [5, 5.41) is 12.5. The van der Waals surface area contributed by atoms with Crippen molar-refractivity contribution >= 4 is 5.69 Å². The molecule has 0 aliphatic carbocycles. The minimum Gasteiger partial charge on any atom is -0.492 e. The van der Waals surface area contributed by atoms with Crippen LogP contribution in [0.1, 0.15) is 23.0 Å². The Kier molecular flexibility index (Phi) is 3.83. The zero-order chi connectivity index (χ0) is 19.3. The lowest BCUT2D eigenvalue weighted by molar-refractivity contribution is 0.170. The van der Waals surface area contributed by atoms with Crippen LogP contribution in [-0.2, 0) is 6.42 Å². The molecule has 0 fully saturated rings. The average molecular weight is 380 g/mol. The van der Waals surface area contributed by atoms with Gasteiger partial charge in [-0.3, -0.25) is 4.90 Å². The van der Waals surface area contributed by atoms with Gasteiger partial charge in [-0.1, -0.05) is 6.07 Å². The van der Waals surface area contributed by atoms with Crippen LogP contribution in [0.15, 0.2) is 30.3 Å². The Morgan fingerprint density at radius 1 is 1.25 bits per heavy atom. The Labute approximate surface area is 161 Å². The number of methoxy groups -OCH3 is 1. The molecule has 144 valence electrons. The molecule has 0 amide bonds. The van der Waals surface area contributed by atoms with E-state index in [1.807, 2.05) is 30.3 Å². The summed E-state index contributed by atoms with van der Waals surface area (Å²) in [6.07, 6.45) is 0.870. The Bertz CT molecular complexity index is 1050. The van der Waals surface area contributed by atoms with Crippen LogP contribution in [0.4, 0.5) is 5.69 Å². The molecule has 28 heavy (non-hydrogen) atoms. The molecule has 9 nitrogen and oxygen atoms in total. The Balaban J connectivity index is 1.71. The van der Waals surface area contributed by atoms with E-state index in [1.54, 1.807) is 11.8 Å². The molecule has 0 radical (unpaired) electrons. The smallest absolute Gasteiger partial charge is 0.231 e. The standard InChI is InChI=1S/C19H20N6O3/c1-24-7-6-11-8-14-17(28-10-27-14)18(26-2)15(11)16(24)19-21-22-23-25(19)13-5-3-4-12(20)9-13/h3-5,8-9,16H,6-7,10,20H2,1-2H3/t16-/m0/s1. The molecule has 1 aromatic heterocycles. The quantitative estimate of drug-likeness (QED) is 0.683. The Hall–Kier alpha value is -3.33. The third kappa shape index (κ3) is 2.47. The number of ether oxygens (including phenoxy) is 3. The van der Waals surface area contributed by atoms with Gasteiger partial charge in [-0.15, -0.1) is 5.10 Å². The first-order valence-corrected chi connectivity index (χ1v) is 9.01. The highest BCUT2D eigenvalue weighted by Crippen LogP contribution is 2.50. The van der Waals surface area contributed by atoms with E-state index in [1.165, 1.54) is 0 Å². The van der Waals surface area contributed by atoms with E-state index in [9.17, 15) is 0 Å². The van der Waals surface area contributed by atoms with Gasteiger partial charge in [0.05, 0.1) is 12.8 Å². The van der Waals surface area contributed by atoms with Crippen molar-refractivity contribution < 1.29 is 14.2 Å². The predicted octanol–water partition coefficient (Wildman–Crippen LogP) is 1.56. The second kappa shape index (κ2) is 6.38. The fourth-order valence-corrected chi connectivity index (χ4v) is 3.96. The molecule has 0 unspecified atom stereocenters. The van der Waals surface area contributed by atoms with Gasteiger partial charge in [-0.2, -0.15) is 4.68 Å². The first-order chi connectivity index (χ1) is 13.7. The maximum Gasteiger partial charge on any atom is 0.231 e. The highest BCUT2D eigenvalue weighted by atomic mass is 16.7. The molecule has 5 rings (SSSR count). The van der Waals surface area contributed by atoms with Crippen LogP contribution in [-0.4, -0.2) is 52.6 Å². The molecule has 0 saturated heterocycles. The number of tetrazole rings is 1. The highest BCUT2D eigenvalue weighted by Gasteiger charge is 2.37. The minimum absolute atomic E-state index is 0.191. The van der Waals surface area contributed by atoms with E-state index < -0.39 is 0 Å². The van der Waals surface area contributed by atoms with Gasteiger partial charge in [-0.25, -0.2) is 0 Å². The maximum atomic E-state index is 5.96. The summed E-state index contributed by atoms with van der Waals surface area (Å²) in [6, 6.07) is 9.32. The first-order valence-electron chi connectivity index (χ1n) is 9.01. The zero-order valence-electron chi connectivity index (χ0n) is 15.6. The van der Waals surface area contributed by atoms with Gasteiger partial charge in [0, 0.05) is 17.8 Å². The van der Waals surface area contributed by atoms with Gasteiger partial charge in [-0.05, 0) is 53.7 Å². The van der Waals surface area contributed by atoms with Crippen LogP contribution in [0.25, 0.3) is 5.69 Å². The van der Waals surface area contributed by atoms with Crippen molar-refractivity contribution in [3.05, 3.63) is 47.3 Å². The van der Waals surface area contributed by atoms with E-state index in [-0.39, 0.29) is 12.8 Å². The van der Waals surface area contributed by atoms with Crippen LogP contribution < -0.4 is 19.9 Å². The van der Waals surface area contributed by atoms with Crippen molar-refractivity contribution in [2.45, 2.75) is 12.5 Å². The van der Waals surface area contributed by atoms with E-state index in [0.29, 0.717) is 28.8 Å². The number of benzene rings is 2. The van der Waals surface area contributed by atoms with Crippen molar-refractivity contribution in [2.75, 3.05) is 33.2 Å². The van der Waals surface area contributed by atoms with E-state index in [0.717, 1.165) is 29.8 Å². The lowest BCUT2D eigenvalue weighted by atomic mass is 9.90. The van der Waals surface area contributed by atoms with Crippen LogP contribution in [0, 0.1) is 0 Å². The minimum atomic E-state index is -0.204. The number of likely N-dealkylation sites (N-methyl/N-ethyl adjacent to an activating group) is 1. The molecule has 2 aromatic carbocycles. The number of aromatic nitrogens is 4. The number of nitrogens with zero attached hydrogens (tertiary/aromatic N) is 5. The van der Waals surface area contributed by atoms with Gasteiger partial charge in [0.15, 0.2) is 17.3 Å². The SMILES string of the molecule is COc1c2c(cc3c1[C@@H](c1nnnn1-c1cccc(N)c1)N(C)CC3)OCO2. The number of fused-ring (bicyclic) bond motifs is 2. The maximum absolute atomic E-state index is 5.96. The summed E-state index contributed by atoms with van der Waals surface area (Å²) in [4.78, 5) is 2.21. The van der Waals surface area contributed by atoms with Crippen LogP contribution >= 0.6 is 0 Å². The molecule has 2 N–H and O–H groups in total. The number of hydrogen-bond donors (Lipinski definition) is 1. The van der Waals surface area contributed by atoms with Crippen molar-refractivity contribution in [3.63, 3.8) is 0 Å². The van der Waals surface area contributed by atoms with Crippen molar-refractivity contribution in [3.8, 4) is 22.9 Å². The molecule has 0 spiro atoms. The molecule has 1 atom stereocenters. The summed E-state index contributed by atoms with van der Waals surface area (Å²) in [6.45, 7) is 1.04. The summed E-state index contributed by atoms with van der Waals surface area (Å²) >= 11 is 0. The normalized spacial score (nSPS) is 18.1. The van der Waals surface area contributed by atoms with Crippen molar-refractivity contribution in [2.24, 2.45) is 0 Å². The van der Waals surface area contributed by atoms with Crippen molar-refractivity contribution in [1.29, 1.82) is 0 Å². The van der Waals surface area contributed by atoms with E-state index >= 15 is 0 Å². The lowest BCUT2D eigenvalue weighted by Crippen LogP contribution is -2.35. The highest BCUT2D eigenvalue weighted by molar-refractivity contribution is 5.62. The number of rotatable bonds is 3. The fourth-order valence-electron chi connectivity index (χ4n) is 3.96. The molecule has 0 saturated carbocycles. The fraction of sp³-hybridized carbons (Fsp3) is 0.316. The molecule has 9 heteroatoms. The molecular formula is C19H20N6O3. The number of nitrogen functional groups attached to an aromatic ring is 1. The average Bonchev–Trinajstić information content (AvgIpc) is 3.35. The van der Waals surface area contributed by atoms with E-state index in [2.05, 4.69) is 27.5 Å². The summed E-state index contributed by atoms with van der Waals surface area (Å²) in [5.41, 5.74) is 9.56. The topological polar surface area (TPSA) is 101 Å². The molecule has 0 bridgehead atoms. The number of nitrogens with two attached hydrogens (primary N) is 1. The summed E-state index contributed by atoms with van der Waals surface area (Å²) < 4.78 is 18.8. The molecule has 2 aliphatic rings. The molecule has 2 aliphatic heterocycles. The van der Waals surface area contributed by atoms with E-state index in [4.69, 9.17) is 19.9 Å². The molecular weight excluding hydrogens is 360 g/mol. The molecule has 3 heterocycles. The van der Waals surface area contributed by atoms with Gasteiger partial charge < -0.3 is 19.9 Å². The van der Waals surface area contributed by atoms with Gasteiger partial charge in [0.1, 0.15) is 6.04 Å². The van der Waals surface area contributed by atoms with Gasteiger partial charge in [0.2, 0.25) is 12.5 Å². The largest absolute Gasteiger partial charge is 0.492 e. The van der Waals surface area contributed by atoms with Gasteiger partial charge in [0.25, 0.3) is 0 Å². The predicted molar refractivity (Wildman–Crippen MR) is 101 cm³/mol. The van der Waals surface area contributed by atoms with Crippen LogP contribution in [0.2, 0.25) is 0 Å². The van der Waals surface area contributed by atoms with Crippen molar-refractivity contribution in [1.82, 2.24) is 25.1 Å². The lowest BCUT2D eigenvalue weighted by Gasteiger charge is -2.34. The van der Waals surface area contributed by atoms with Gasteiger partial charge >= 0.3 is 0 Å². The summed E-state index contributed by atoms with van der Waals surface area (Å²) in [7, 11) is 3.69. The van der Waals surface area contributed by atoms with Crippen LogP contribution in [0.3, 0.4) is 0 Å². The molecule has 3 aromatic rings. The Morgan fingerprint density at radius 2 is 2.14 bits per heavy atom.